The molecule has 0 saturated heterocycles. The summed E-state index contributed by atoms with van der Waals surface area (Å²) in [6.45, 7) is 0.0947. The molecule has 1 saturated carbocycles. The number of carbonyl (C=O) groups is 1. The van der Waals surface area contributed by atoms with E-state index in [2.05, 4.69) is 5.32 Å². The van der Waals surface area contributed by atoms with Gasteiger partial charge < -0.3 is 15.3 Å². The van der Waals surface area contributed by atoms with Gasteiger partial charge in [-0.1, -0.05) is 18.2 Å². The van der Waals surface area contributed by atoms with Crippen LogP contribution in [0.5, 0.6) is 0 Å². The Morgan fingerprint density at radius 3 is 2.50 bits per heavy atom. The molecule has 0 bridgehead atoms. The van der Waals surface area contributed by atoms with E-state index in [9.17, 15) is 18.7 Å². The van der Waals surface area contributed by atoms with Gasteiger partial charge in [-0.3, -0.25) is 0 Å². The van der Waals surface area contributed by atoms with Gasteiger partial charge in [-0.05, 0) is 48.7 Å². The van der Waals surface area contributed by atoms with Gasteiger partial charge in [0, 0.05) is 11.7 Å². The number of benzene rings is 2. The van der Waals surface area contributed by atoms with Crippen LogP contribution in [0, 0.1) is 11.6 Å². The van der Waals surface area contributed by atoms with Crippen molar-refractivity contribution >= 4 is 11.7 Å². The molecule has 3 rings (SSSR count). The highest BCUT2D eigenvalue weighted by Crippen LogP contribution is 2.29. The van der Waals surface area contributed by atoms with Crippen LogP contribution in [0.4, 0.5) is 19.3 Å². The number of aliphatic hydroxyl groups is 1. The summed E-state index contributed by atoms with van der Waals surface area (Å²) in [4.78, 5) is 14.0. The number of amides is 2. The van der Waals surface area contributed by atoms with Crippen molar-refractivity contribution in [3.63, 3.8) is 0 Å². The average Bonchev–Trinajstić information content (AvgIpc) is 3.37. The monoisotopic (exact) mass is 332 g/mol. The minimum Gasteiger partial charge on any atom is -0.387 e. The SMILES string of the molecule is O=C(Nc1cccc(F)c1)N(CC(O)c1ccc(F)cc1)C1CC1. The number of aliphatic hydroxyl groups excluding tert-OH is 1. The number of carbonyl (C=O) groups excluding carboxylic acids is 1. The van der Waals surface area contributed by atoms with E-state index in [4.69, 9.17) is 0 Å². The van der Waals surface area contributed by atoms with Crippen LogP contribution in [0.1, 0.15) is 24.5 Å². The zero-order valence-corrected chi connectivity index (χ0v) is 13.0. The van der Waals surface area contributed by atoms with Crippen molar-refractivity contribution in [2.75, 3.05) is 11.9 Å². The number of hydrogen-bond acceptors (Lipinski definition) is 2. The van der Waals surface area contributed by atoms with Gasteiger partial charge in [0.25, 0.3) is 0 Å². The van der Waals surface area contributed by atoms with Crippen LogP contribution in [0.2, 0.25) is 0 Å². The van der Waals surface area contributed by atoms with Crippen LogP contribution in [0.25, 0.3) is 0 Å². The fraction of sp³-hybridized carbons (Fsp3) is 0.278. The third-order valence-electron chi connectivity index (χ3n) is 3.95. The van der Waals surface area contributed by atoms with Crippen molar-refractivity contribution < 1.29 is 18.7 Å². The summed E-state index contributed by atoms with van der Waals surface area (Å²) in [7, 11) is 0. The Morgan fingerprint density at radius 2 is 1.88 bits per heavy atom. The fourth-order valence-corrected chi connectivity index (χ4v) is 2.52. The molecule has 6 heteroatoms. The predicted molar refractivity (Wildman–Crippen MR) is 86.5 cm³/mol. The molecule has 0 heterocycles. The van der Waals surface area contributed by atoms with Crippen LogP contribution in [-0.2, 0) is 0 Å². The Balaban J connectivity index is 1.68. The van der Waals surface area contributed by atoms with Gasteiger partial charge >= 0.3 is 6.03 Å². The van der Waals surface area contributed by atoms with Crippen molar-refractivity contribution in [3.05, 3.63) is 65.7 Å². The smallest absolute Gasteiger partial charge is 0.322 e. The lowest BCUT2D eigenvalue weighted by Gasteiger charge is -2.25. The van der Waals surface area contributed by atoms with Crippen molar-refractivity contribution in [1.82, 2.24) is 4.90 Å². The van der Waals surface area contributed by atoms with Crippen LogP contribution < -0.4 is 5.32 Å². The standard InChI is InChI=1S/C18H18F2N2O2/c19-13-6-4-12(5-7-13)17(23)11-22(16-8-9-16)18(24)21-15-3-1-2-14(20)10-15/h1-7,10,16-17,23H,8-9,11H2,(H,21,24). The van der Waals surface area contributed by atoms with E-state index in [0.29, 0.717) is 11.3 Å². The van der Waals surface area contributed by atoms with E-state index < -0.39 is 11.9 Å². The summed E-state index contributed by atoms with van der Waals surface area (Å²) in [6.07, 6.45) is 0.823. The molecule has 4 nitrogen and oxygen atoms in total. The molecule has 1 aliphatic carbocycles. The molecule has 1 fully saturated rings. The number of halogens is 2. The second kappa shape index (κ2) is 6.97. The van der Waals surface area contributed by atoms with Gasteiger partial charge in [0.15, 0.2) is 0 Å². The zero-order valence-electron chi connectivity index (χ0n) is 13.0. The van der Waals surface area contributed by atoms with E-state index in [1.165, 1.54) is 42.5 Å². The number of anilines is 1. The average molecular weight is 332 g/mol. The molecule has 1 unspecified atom stereocenters. The first-order chi connectivity index (χ1) is 11.5. The number of nitrogens with zero attached hydrogens (tertiary/aromatic N) is 1. The molecule has 24 heavy (non-hydrogen) atoms. The van der Waals surface area contributed by atoms with Gasteiger partial charge in [-0.25, -0.2) is 13.6 Å². The number of nitrogens with one attached hydrogen (secondary N) is 1. The lowest BCUT2D eigenvalue weighted by molar-refractivity contribution is 0.123. The molecule has 2 N–H and O–H groups in total. The molecule has 0 spiro atoms. The summed E-state index contributed by atoms with van der Waals surface area (Å²) in [5.41, 5.74) is 0.905. The highest BCUT2D eigenvalue weighted by Gasteiger charge is 2.34. The third-order valence-corrected chi connectivity index (χ3v) is 3.95. The minimum atomic E-state index is -0.913. The lowest BCUT2D eigenvalue weighted by Crippen LogP contribution is -2.39. The van der Waals surface area contributed by atoms with E-state index in [1.54, 1.807) is 11.0 Å². The summed E-state index contributed by atoms with van der Waals surface area (Å²) in [6, 6.07) is 10.9. The highest BCUT2D eigenvalue weighted by molar-refractivity contribution is 5.89. The summed E-state index contributed by atoms with van der Waals surface area (Å²) in [5, 5.41) is 13.0. The number of rotatable bonds is 5. The van der Waals surface area contributed by atoms with Gasteiger partial charge in [0.1, 0.15) is 11.6 Å². The first-order valence-corrected chi connectivity index (χ1v) is 7.79. The van der Waals surface area contributed by atoms with E-state index in [0.717, 1.165) is 12.8 Å². The van der Waals surface area contributed by atoms with Gasteiger partial charge in [0.2, 0.25) is 0 Å². The molecule has 2 aromatic carbocycles. The second-order valence-corrected chi connectivity index (χ2v) is 5.89. The van der Waals surface area contributed by atoms with Gasteiger partial charge in [-0.15, -0.1) is 0 Å². The van der Waals surface area contributed by atoms with Crippen molar-refractivity contribution in [3.8, 4) is 0 Å². The van der Waals surface area contributed by atoms with Crippen molar-refractivity contribution in [2.45, 2.75) is 25.0 Å². The van der Waals surface area contributed by atoms with Gasteiger partial charge in [0.05, 0.1) is 12.6 Å². The van der Waals surface area contributed by atoms with Crippen LogP contribution in [0.15, 0.2) is 48.5 Å². The highest BCUT2D eigenvalue weighted by atomic mass is 19.1. The molecular formula is C18H18F2N2O2. The Kier molecular flexibility index (Phi) is 4.76. The van der Waals surface area contributed by atoms with Crippen LogP contribution in [0.3, 0.4) is 0 Å². The molecule has 0 radical (unpaired) electrons. The molecule has 126 valence electrons. The largest absolute Gasteiger partial charge is 0.387 e. The molecule has 1 aliphatic rings. The number of urea groups is 1. The number of hydrogen-bond donors (Lipinski definition) is 2. The summed E-state index contributed by atoms with van der Waals surface area (Å²) >= 11 is 0. The summed E-state index contributed by atoms with van der Waals surface area (Å²) < 4.78 is 26.2. The molecule has 1 atom stereocenters. The minimum absolute atomic E-state index is 0.0636. The first kappa shape index (κ1) is 16.4. The maximum absolute atomic E-state index is 13.2. The summed E-state index contributed by atoms with van der Waals surface area (Å²) in [5.74, 6) is -0.814. The van der Waals surface area contributed by atoms with Crippen LogP contribution >= 0.6 is 0 Å². The maximum Gasteiger partial charge on any atom is 0.322 e. The van der Waals surface area contributed by atoms with Crippen LogP contribution in [-0.4, -0.2) is 28.6 Å². The Hall–Kier alpha value is -2.47. The van der Waals surface area contributed by atoms with Gasteiger partial charge in [-0.2, -0.15) is 0 Å². The molecule has 2 aromatic rings. The quantitative estimate of drug-likeness (QED) is 0.877. The van der Waals surface area contributed by atoms with Crippen molar-refractivity contribution in [1.29, 1.82) is 0 Å². The van der Waals surface area contributed by atoms with E-state index in [-0.39, 0.29) is 24.4 Å². The lowest BCUT2D eigenvalue weighted by atomic mass is 10.1. The predicted octanol–water partition coefficient (Wildman–Crippen LogP) is 3.69. The second-order valence-electron chi connectivity index (χ2n) is 5.89. The molecule has 0 aliphatic heterocycles. The topological polar surface area (TPSA) is 52.6 Å². The molecular weight excluding hydrogens is 314 g/mol. The van der Waals surface area contributed by atoms with Crippen molar-refractivity contribution in [2.24, 2.45) is 0 Å². The zero-order chi connectivity index (χ0) is 17.1. The van der Waals surface area contributed by atoms with E-state index >= 15 is 0 Å². The first-order valence-electron chi connectivity index (χ1n) is 7.79. The Bertz CT molecular complexity index is 717. The molecule has 2 amide bonds. The molecule has 0 aromatic heterocycles. The van der Waals surface area contributed by atoms with E-state index in [1.807, 2.05) is 0 Å². The Labute approximate surface area is 138 Å². The maximum atomic E-state index is 13.2. The normalized spacial score (nSPS) is 15.0. The fourth-order valence-electron chi connectivity index (χ4n) is 2.52. The Morgan fingerprint density at radius 1 is 1.17 bits per heavy atom. The third kappa shape index (κ3) is 4.08.